The minimum absolute atomic E-state index is 0.0481. The molecule has 3 aliphatic rings. The third-order valence-corrected chi connectivity index (χ3v) is 7.57. The van der Waals surface area contributed by atoms with E-state index >= 15 is 0 Å². The third-order valence-electron chi connectivity index (χ3n) is 6.37. The molecule has 1 aliphatic carbocycles. The number of aliphatic hydroxyl groups excluding tert-OH is 1. The summed E-state index contributed by atoms with van der Waals surface area (Å²) in [5.41, 5.74) is 1.09. The van der Waals surface area contributed by atoms with Crippen molar-refractivity contribution in [1.82, 2.24) is 10.2 Å². The highest BCUT2D eigenvalue weighted by Gasteiger charge is 2.42. The molecule has 6 heteroatoms. The number of fused-ring (bicyclic) bond motifs is 2. The molecule has 0 radical (unpaired) electrons. The van der Waals surface area contributed by atoms with E-state index in [1.165, 1.54) is 10.4 Å². The van der Waals surface area contributed by atoms with Gasteiger partial charge in [-0.25, -0.2) is 0 Å². The molecule has 2 fully saturated rings. The van der Waals surface area contributed by atoms with E-state index in [-0.39, 0.29) is 23.7 Å². The highest BCUT2D eigenvalue weighted by atomic mass is 32.1. The molecule has 1 aromatic rings. The van der Waals surface area contributed by atoms with E-state index in [0.717, 1.165) is 76.1 Å². The Bertz CT molecular complexity index is 643. The molecule has 1 saturated carbocycles. The summed E-state index contributed by atoms with van der Waals surface area (Å²) >= 11 is 1.65. The largest absolute Gasteiger partial charge is 0.393 e. The lowest BCUT2D eigenvalue weighted by Crippen LogP contribution is -2.46. The van der Waals surface area contributed by atoms with Crippen LogP contribution in [0.25, 0.3) is 0 Å². The number of aliphatic hydroxyl groups is 1. The van der Waals surface area contributed by atoms with Crippen LogP contribution in [0.4, 0.5) is 0 Å². The summed E-state index contributed by atoms with van der Waals surface area (Å²) in [6, 6.07) is 2.30. The molecular weight excluding hydrogens is 348 g/mol. The number of amides is 1. The first-order chi connectivity index (χ1) is 12.6. The van der Waals surface area contributed by atoms with Crippen LogP contribution in [0.2, 0.25) is 0 Å². The maximum atomic E-state index is 12.8. The van der Waals surface area contributed by atoms with E-state index in [2.05, 4.69) is 23.2 Å². The monoisotopic (exact) mass is 378 g/mol. The Morgan fingerprint density at radius 2 is 2.08 bits per heavy atom. The van der Waals surface area contributed by atoms with E-state index in [1.807, 2.05) is 0 Å². The van der Waals surface area contributed by atoms with Gasteiger partial charge in [0, 0.05) is 30.4 Å². The van der Waals surface area contributed by atoms with Crippen LogP contribution >= 0.6 is 11.3 Å². The predicted molar refractivity (Wildman–Crippen MR) is 103 cm³/mol. The number of piperidine rings is 1. The van der Waals surface area contributed by atoms with Gasteiger partial charge in [-0.1, -0.05) is 6.92 Å². The molecule has 26 heavy (non-hydrogen) atoms. The van der Waals surface area contributed by atoms with Crippen molar-refractivity contribution in [3.63, 3.8) is 0 Å². The molecule has 1 spiro atoms. The summed E-state index contributed by atoms with van der Waals surface area (Å²) in [5, 5.41) is 12.8. The fourth-order valence-electron chi connectivity index (χ4n) is 4.65. The summed E-state index contributed by atoms with van der Waals surface area (Å²) in [4.78, 5) is 17.4. The molecule has 2 aliphatic heterocycles. The number of ether oxygens (including phenoxy) is 1. The quantitative estimate of drug-likeness (QED) is 0.849. The Hall–Kier alpha value is -0.950. The Morgan fingerprint density at radius 1 is 1.35 bits per heavy atom. The summed E-state index contributed by atoms with van der Waals surface area (Å²) in [5.74, 6) is 0.0481. The number of likely N-dealkylation sites (tertiary alicyclic amines) is 1. The SMILES string of the molecule is CCN1CCC2(CC1)OCCc1sc(C(=O)NC3CCC(O)CC3)cc12. The number of carbonyl (C=O) groups is 1. The molecule has 144 valence electrons. The van der Waals surface area contributed by atoms with Crippen LogP contribution in [0.1, 0.15) is 65.6 Å². The van der Waals surface area contributed by atoms with Crippen LogP contribution in [-0.4, -0.2) is 54.3 Å². The smallest absolute Gasteiger partial charge is 0.261 e. The lowest BCUT2D eigenvalue weighted by atomic mass is 9.82. The second-order valence-corrected chi connectivity index (χ2v) is 9.09. The molecule has 3 heterocycles. The highest BCUT2D eigenvalue weighted by molar-refractivity contribution is 7.14. The van der Waals surface area contributed by atoms with Crippen molar-refractivity contribution in [2.24, 2.45) is 0 Å². The Balaban J connectivity index is 1.48. The van der Waals surface area contributed by atoms with Crippen molar-refractivity contribution in [3.8, 4) is 0 Å². The molecule has 0 unspecified atom stereocenters. The number of hydrogen-bond donors (Lipinski definition) is 2. The van der Waals surface area contributed by atoms with Crippen LogP contribution in [0.15, 0.2) is 6.07 Å². The Labute approximate surface area is 159 Å². The predicted octanol–water partition coefficient (Wildman–Crippen LogP) is 2.67. The molecule has 1 amide bonds. The normalized spacial score (nSPS) is 28.7. The van der Waals surface area contributed by atoms with Gasteiger partial charge >= 0.3 is 0 Å². The van der Waals surface area contributed by atoms with Crippen LogP contribution < -0.4 is 5.32 Å². The minimum Gasteiger partial charge on any atom is -0.393 e. The summed E-state index contributed by atoms with van der Waals surface area (Å²) in [7, 11) is 0. The van der Waals surface area contributed by atoms with Gasteiger partial charge in [0.05, 0.1) is 23.2 Å². The molecule has 2 N–H and O–H groups in total. The van der Waals surface area contributed by atoms with E-state index in [1.54, 1.807) is 11.3 Å². The second-order valence-electron chi connectivity index (χ2n) is 7.95. The average Bonchev–Trinajstić information content (AvgIpc) is 3.11. The van der Waals surface area contributed by atoms with Gasteiger partial charge in [-0.2, -0.15) is 0 Å². The first kappa shape index (κ1) is 18.4. The summed E-state index contributed by atoms with van der Waals surface area (Å²) in [6.45, 7) is 6.20. The van der Waals surface area contributed by atoms with Gasteiger partial charge in [0.15, 0.2) is 0 Å². The zero-order valence-electron chi connectivity index (χ0n) is 15.6. The van der Waals surface area contributed by atoms with Crippen molar-refractivity contribution in [1.29, 1.82) is 0 Å². The highest BCUT2D eigenvalue weighted by Crippen LogP contribution is 2.44. The first-order valence-electron chi connectivity index (χ1n) is 10.1. The molecular formula is C20H30N2O3S. The molecule has 5 nitrogen and oxygen atoms in total. The average molecular weight is 379 g/mol. The van der Waals surface area contributed by atoms with Gasteiger partial charge in [0.2, 0.25) is 0 Å². The maximum Gasteiger partial charge on any atom is 0.261 e. The fraction of sp³-hybridized carbons (Fsp3) is 0.750. The van der Waals surface area contributed by atoms with Crippen molar-refractivity contribution in [3.05, 3.63) is 21.4 Å². The lowest BCUT2D eigenvalue weighted by Gasteiger charge is -2.43. The summed E-state index contributed by atoms with van der Waals surface area (Å²) < 4.78 is 6.30. The molecule has 1 aromatic heterocycles. The van der Waals surface area contributed by atoms with Crippen molar-refractivity contribution in [2.75, 3.05) is 26.2 Å². The molecule has 4 rings (SSSR count). The number of thiophene rings is 1. The van der Waals surface area contributed by atoms with Crippen molar-refractivity contribution >= 4 is 17.2 Å². The van der Waals surface area contributed by atoms with E-state index in [4.69, 9.17) is 4.74 Å². The summed E-state index contributed by atoms with van der Waals surface area (Å²) in [6.07, 6.45) is 6.09. The number of nitrogens with zero attached hydrogens (tertiary/aromatic N) is 1. The van der Waals surface area contributed by atoms with Gasteiger partial charge in [-0.3, -0.25) is 4.79 Å². The van der Waals surface area contributed by atoms with Gasteiger partial charge in [0.1, 0.15) is 0 Å². The lowest BCUT2D eigenvalue weighted by molar-refractivity contribution is -0.0964. The number of rotatable bonds is 3. The van der Waals surface area contributed by atoms with Crippen molar-refractivity contribution < 1.29 is 14.6 Å². The van der Waals surface area contributed by atoms with Gasteiger partial charge in [-0.15, -0.1) is 11.3 Å². The van der Waals surface area contributed by atoms with Crippen LogP contribution in [0, 0.1) is 0 Å². The van der Waals surface area contributed by atoms with Gasteiger partial charge in [-0.05, 0) is 56.7 Å². The number of hydrogen-bond acceptors (Lipinski definition) is 5. The van der Waals surface area contributed by atoms with Crippen LogP contribution in [0.3, 0.4) is 0 Å². The molecule has 0 aromatic carbocycles. The van der Waals surface area contributed by atoms with E-state index in [0.29, 0.717) is 0 Å². The number of nitrogens with one attached hydrogen (secondary N) is 1. The minimum atomic E-state index is -0.191. The zero-order valence-corrected chi connectivity index (χ0v) is 16.4. The van der Waals surface area contributed by atoms with Crippen LogP contribution in [-0.2, 0) is 16.8 Å². The zero-order chi connectivity index (χ0) is 18.1. The standard InChI is InChI=1S/C20H30N2O3S/c1-2-22-10-8-20(9-11-22)16-13-18(26-17(16)7-12-25-20)19(24)21-14-3-5-15(23)6-4-14/h13-15,23H,2-12H2,1H3,(H,21,24). The number of carbonyl (C=O) groups excluding carboxylic acids is 1. The molecule has 1 saturated heterocycles. The molecule has 0 atom stereocenters. The second kappa shape index (κ2) is 7.58. The maximum absolute atomic E-state index is 12.8. The van der Waals surface area contributed by atoms with E-state index < -0.39 is 0 Å². The topological polar surface area (TPSA) is 61.8 Å². The molecule has 0 bridgehead atoms. The fourth-order valence-corrected chi connectivity index (χ4v) is 5.78. The first-order valence-corrected chi connectivity index (χ1v) is 10.9. The van der Waals surface area contributed by atoms with Crippen LogP contribution in [0.5, 0.6) is 0 Å². The van der Waals surface area contributed by atoms with Crippen molar-refractivity contribution in [2.45, 2.75) is 69.6 Å². The van der Waals surface area contributed by atoms with Gasteiger partial charge in [0.25, 0.3) is 5.91 Å². The van der Waals surface area contributed by atoms with Gasteiger partial charge < -0.3 is 20.1 Å². The third kappa shape index (κ3) is 3.57. The Morgan fingerprint density at radius 3 is 2.77 bits per heavy atom. The van der Waals surface area contributed by atoms with E-state index in [9.17, 15) is 9.90 Å². The Kier molecular flexibility index (Phi) is 5.37.